The van der Waals surface area contributed by atoms with Crippen molar-refractivity contribution in [3.63, 3.8) is 0 Å². The molecule has 84 valence electrons. The highest BCUT2D eigenvalue weighted by molar-refractivity contribution is 7.65. The van der Waals surface area contributed by atoms with Gasteiger partial charge in [-0.2, -0.15) is 0 Å². The molecule has 0 aliphatic rings. The van der Waals surface area contributed by atoms with Crippen molar-refractivity contribution in [1.29, 1.82) is 0 Å². The van der Waals surface area contributed by atoms with Crippen LogP contribution in [0.4, 0.5) is 0 Å². The van der Waals surface area contributed by atoms with Gasteiger partial charge in [0, 0.05) is 10.4 Å². The van der Waals surface area contributed by atoms with Gasteiger partial charge >= 0.3 is 0 Å². The van der Waals surface area contributed by atoms with E-state index in [0.29, 0.717) is 0 Å². The van der Waals surface area contributed by atoms with Gasteiger partial charge in [-0.25, -0.2) is 0 Å². The minimum absolute atomic E-state index is 0.0655. The van der Waals surface area contributed by atoms with E-state index in [1.165, 1.54) is 15.7 Å². The molecule has 0 amide bonds. The van der Waals surface area contributed by atoms with Gasteiger partial charge in [0.15, 0.2) is 0 Å². The lowest BCUT2D eigenvalue weighted by atomic mass is 10.1. The van der Waals surface area contributed by atoms with Crippen LogP contribution in [0.3, 0.4) is 0 Å². The first kappa shape index (κ1) is 11.6. The Balaban J connectivity index is 2.54. The zero-order chi connectivity index (χ0) is 11.5. The molecule has 2 aromatic rings. The molecular formula is C13H15OPS. The lowest BCUT2D eigenvalue weighted by molar-refractivity contribution is 0.416. The number of ether oxygens (including phenoxy) is 1. The Morgan fingerprint density at radius 1 is 1.12 bits per heavy atom. The molecule has 1 nitrogen and oxygen atoms in total. The summed E-state index contributed by atoms with van der Waals surface area (Å²) in [6, 6.07) is 10.5. The molecule has 0 aliphatic heterocycles. The lowest BCUT2D eigenvalue weighted by Gasteiger charge is -2.11. The SMILES string of the molecule is COc1ccccc1-c1sccc1P(C)C. The quantitative estimate of drug-likeness (QED) is 0.753. The molecule has 16 heavy (non-hydrogen) atoms. The number of hydrogen-bond donors (Lipinski definition) is 0. The van der Waals surface area contributed by atoms with Crippen molar-refractivity contribution in [1.82, 2.24) is 0 Å². The Bertz CT molecular complexity index is 476. The summed E-state index contributed by atoms with van der Waals surface area (Å²) in [6.07, 6.45) is 0. The third-order valence-electron chi connectivity index (χ3n) is 2.48. The maximum absolute atomic E-state index is 5.42. The molecule has 0 radical (unpaired) electrons. The summed E-state index contributed by atoms with van der Waals surface area (Å²) in [5, 5.41) is 3.63. The van der Waals surface area contributed by atoms with Crippen LogP contribution in [0.5, 0.6) is 5.75 Å². The van der Waals surface area contributed by atoms with Crippen LogP contribution >= 0.6 is 19.3 Å². The van der Waals surface area contributed by atoms with Gasteiger partial charge in [0.1, 0.15) is 5.75 Å². The predicted molar refractivity (Wildman–Crippen MR) is 74.7 cm³/mol. The van der Waals surface area contributed by atoms with Crippen molar-refractivity contribution in [2.45, 2.75) is 0 Å². The fraction of sp³-hybridized carbons (Fsp3) is 0.231. The molecule has 0 spiro atoms. The molecule has 2 rings (SSSR count). The predicted octanol–water partition coefficient (Wildman–Crippen LogP) is 3.79. The first-order valence-corrected chi connectivity index (χ1v) is 8.24. The number of methoxy groups -OCH3 is 1. The highest BCUT2D eigenvalue weighted by Gasteiger charge is 2.13. The van der Waals surface area contributed by atoms with Crippen molar-refractivity contribution >= 4 is 24.6 Å². The highest BCUT2D eigenvalue weighted by Crippen LogP contribution is 2.38. The number of thiophene rings is 1. The third-order valence-corrected chi connectivity index (χ3v) is 4.91. The van der Waals surface area contributed by atoms with Crippen LogP contribution in [0.15, 0.2) is 35.7 Å². The van der Waals surface area contributed by atoms with Crippen molar-refractivity contribution in [2.24, 2.45) is 0 Å². The van der Waals surface area contributed by atoms with Gasteiger partial charge in [-0.1, -0.05) is 20.1 Å². The van der Waals surface area contributed by atoms with Crippen LogP contribution in [0.1, 0.15) is 0 Å². The van der Waals surface area contributed by atoms with Crippen molar-refractivity contribution in [3.05, 3.63) is 35.7 Å². The van der Waals surface area contributed by atoms with Gasteiger partial charge in [0.05, 0.1) is 7.11 Å². The van der Waals surface area contributed by atoms with Crippen LogP contribution in [-0.4, -0.2) is 20.4 Å². The van der Waals surface area contributed by atoms with E-state index in [4.69, 9.17) is 4.74 Å². The minimum atomic E-state index is -0.0655. The zero-order valence-electron chi connectivity index (χ0n) is 9.73. The number of benzene rings is 1. The molecule has 0 N–H and O–H groups in total. The van der Waals surface area contributed by atoms with Crippen molar-refractivity contribution < 1.29 is 4.74 Å². The third kappa shape index (κ3) is 2.14. The molecule has 0 bridgehead atoms. The number of para-hydroxylation sites is 1. The maximum atomic E-state index is 5.42. The Labute approximate surface area is 102 Å². The summed E-state index contributed by atoms with van der Waals surface area (Å²) in [4.78, 5) is 1.36. The van der Waals surface area contributed by atoms with Gasteiger partial charge in [0.25, 0.3) is 0 Å². The fourth-order valence-corrected chi connectivity index (χ4v) is 4.22. The zero-order valence-corrected chi connectivity index (χ0v) is 11.4. The van der Waals surface area contributed by atoms with E-state index < -0.39 is 0 Å². The smallest absolute Gasteiger partial charge is 0.127 e. The first-order valence-electron chi connectivity index (χ1n) is 5.12. The summed E-state index contributed by atoms with van der Waals surface area (Å²) in [5.41, 5.74) is 1.21. The molecule has 3 heteroatoms. The van der Waals surface area contributed by atoms with Crippen LogP contribution < -0.4 is 10.0 Å². The van der Waals surface area contributed by atoms with Gasteiger partial charge in [-0.15, -0.1) is 11.3 Å². The van der Waals surface area contributed by atoms with E-state index in [1.807, 2.05) is 12.1 Å². The van der Waals surface area contributed by atoms with Crippen LogP contribution in [0, 0.1) is 0 Å². The lowest BCUT2D eigenvalue weighted by Crippen LogP contribution is -1.99. The minimum Gasteiger partial charge on any atom is -0.496 e. The van der Waals surface area contributed by atoms with E-state index in [0.717, 1.165) is 5.75 Å². The molecule has 1 aromatic carbocycles. The van der Waals surface area contributed by atoms with Crippen LogP contribution in [-0.2, 0) is 0 Å². The largest absolute Gasteiger partial charge is 0.496 e. The summed E-state index contributed by atoms with van der Waals surface area (Å²) >= 11 is 1.80. The Morgan fingerprint density at radius 2 is 1.88 bits per heavy atom. The standard InChI is InChI=1S/C13H15OPS/c1-14-11-7-5-4-6-10(11)13-12(15(2)3)8-9-16-13/h4-9H,1-3H3. The van der Waals surface area contributed by atoms with E-state index in [1.54, 1.807) is 18.4 Å². The molecule has 0 saturated carbocycles. The summed E-state index contributed by atoms with van der Waals surface area (Å²) in [5.74, 6) is 0.961. The van der Waals surface area contributed by atoms with E-state index in [-0.39, 0.29) is 7.92 Å². The average molecular weight is 250 g/mol. The normalized spacial score (nSPS) is 10.8. The Hall–Kier alpha value is -0.850. The van der Waals surface area contributed by atoms with Gasteiger partial charge in [0.2, 0.25) is 0 Å². The molecule has 1 aromatic heterocycles. The second-order valence-corrected chi connectivity index (χ2v) is 6.92. The highest BCUT2D eigenvalue weighted by atomic mass is 32.1. The number of hydrogen-bond acceptors (Lipinski definition) is 2. The van der Waals surface area contributed by atoms with Crippen molar-refractivity contribution in [3.8, 4) is 16.2 Å². The Morgan fingerprint density at radius 3 is 2.56 bits per heavy atom. The maximum Gasteiger partial charge on any atom is 0.127 e. The molecule has 0 unspecified atom stereocenters. The molecule has 0 fully saturated rings. The molecule has 0 saturated heterocycles. The van der Waals surface area contributed by atoms with Gasteiger partial charge < -0.3 is 4.74 Å². The van der Waals surface area contributed by atoms with Crippen LogP contribution in [0.25, 0.3) is 10.4 Å². The average Bonchev–Trinajstić information content (AvgIpc) is 2.77. The van der Waals surface area contributed by atoms with Gasteiger partial charge in [-0.3, -0.25) is 0 Å². The fourth-order valence-electron chi connectivity index (χ4n) is 1.69. The van der Waals surface area contributed by atoms with E-state index in [9.17, 15) is 0 Å². The molecule has 0 aliphatic carbocycles. The summed E-state index contributed by atoms with van der Waals surface area (Å²) in [7, 11) is 1.66. The van der Waals surface area contributed by atoms with E-state index >= 15 is 0 Å². The van der Waals surface area contributed by atoms with E-state index in [2.05, 4.69) is 36.9 Å². The number of rotatable bonds is 3. The molecular weight excluding hydrogens is 235 g/mol. The topological polar surface area (TPSA) is 9.23 Å². The summed E-state index contributed by atoms with van der Waals surface area (Å²) in [6.45, 7) is 4.58. The Kier molecular flexibility index (Phi) is 3.63. The second-order valence-electron chi connectivity index (χ2n) is 3.73. The molecule has 0 atom stereocenters. The first-order chi connectivity index (χ1) is 7.74. The van der Waals surface area contributed by atoms with Crippen LogP contribution in [0.2, 0.25) is 0 Å². The van der Waals surface area contributed by atoms with Crippen molar-refractivity contribution in [2.75, 3.05) is 20.4 Å². The monoisotopic (exact) mass is 250 g/mol. The second kappa shape index (κ2) is 4.99. The van der Waals surface area contributed by atoms with Gasteiger partial charge in [-0.05, 0) is 42.2 Å². The summed E-state index contributed by atoms with van der Waals surface area (Å²) < 4.78 is 5.42. The molecule has 1 heterocycles.